The summed E-state index contributed by atoms with van der Waals surface area (Å²) in [5, 5.41) is 6.03. The molecule has 0 aliphatic carbocycles. The maximum atomic E-state index is 13.7. The van der Waals surface area contributed by atoms with E-state index in [4.69, 9.17) is 4.84 Å². The normalized spacial score (nSPS) is 11.0. The van der Waals surface area contributed by atoms with E-state index in [9.17, 15) is 18.0 Å². The Morgan fingerprint density at radius 3 is 2.81 bits per heavy atom. The van der Waals surface area contributed by atoms with E-state index >= 15 is 0 Å². The molecule has 0 aliphatic rings. The standard InChI is InChI=1S/C18H12F3N3O2/c19-12-4-6-16(15(21)8-12)24-17(25)9-23-26-10-11-3-5-14(20)13-2-1-7-22-18(11)13/h1-9H,10H2,(H,24,25). The summed E-state index contributed by atoms with van der Waals surface area (Å²) >= 11 is 0. The van der Waals surface area contributed by atoms with Crippen molar-refractivity contribution in [3.8, 4) is 0 Å². The topological polar surface area (TPSA) is 63.6 Å². The molecule has 26 heavy (non-hydrogen) atoms. The molecule has 1 heterocycles. The second kappa shape index (κ2) is 7.64. The van der Waals surface area contributed by atoms with Gasteiger partial charge in [0.05, 0.1) is 11.2 Å². The first-order valence-electron chi connectivity index (χ1n) is 7.48. The summed E-state index contributed by atoms with van der Waals surface area (Å²) in [5.74, 6) is -2.81. The monoisotopic (exact) mass is 359 g/mol. The van der Waals surface area contributed by atoms with E-state index in [1.165, 1.54) is 18.3 Å². The van der Waals surface area contributed by atoms with Gasteiger partial charge in [0.2, 0.25) is 0 Å². The maximum absolute atomic E-state index is 13.7. The van der Waals surface area contributed by atoms with Crippen LogP contribution in [0.3, 0.4) is 0 Å². The lowest BCUT2D eigenvalue weighted by atomic mass is 10.1. The van der Waals surface area contributed by atoms with Crippen molar-refractivity contribution in [2.45, 2.75) is 6.61 Å². The minimum absolute atomic E-state index is 0.0392. The van der Waals surface area contributed by atoms with E-state index in [1.54, 1.807) is 12.1 Å². The zero-order chi connectivity index (χ0) is 18.5. The van der Waals surface area contributed by atoms with E-state index in [0.717, 1.165) is 18.3 Å². The zero-order valence-corrected chi connectivity index (χ0v) is 13.2. The number of anilines is 1. The summed E-state index contributed by atoms with van der Waals surface area (Å²) in [7, 11) is 0. The number of nitrogens with zero attached hydrogens (tertiary/aromatic N) is 2. The van der Waals surface area contributed by atoms with Crippen LogP contribution < -0.4 is 5.32 Å². The van der Waals surface area contributed by atoms with Gasteiger partial charge in [-0.3, -0.25) is 9.78 Å². The van der Waals surface area contributed by atoms with Gasteiger partial charge in [0.1, 0.15) is 30.3 Å². The van der Waals surface area contributed by atoms with Crippen molar-refractivity contribution >= 4 is 28.7 Å². The largest absolute Gasteiger partial charge is 0.391 e. The number of amides is 1. The van der Waals surface area contributed by atoms with Crippen molar-refractivity contribution < 1.29 is 22.8 Å². The fourth-order valence-corrected chi connectivity index (χ4v) is 2.26. The molecule has 0 unspecified atom stereocenters. The molecule has 0 saturated carbocycles. The van der Waals surface area contributed by atoms with Gasteiger partial charge >= 0.3 is 0 Å². The highest BCUT2D eigenvalue weighted by Crippen LogP contribution is 2.20. The van der Waals surface area contributed by atoms with Crippen molar-refractivity contribution in [2.24, 2.45) is 5.16 Å². The Kier molecular flexibility index (Phi) is 5.12. The summed E-state index contributed by atoms with van der Waals surface area (Å²) < 4.78 is 39.9. The molecule has 0 atom stereocenters. The smallest absolute Gasteiger partial charge is 0.270 e. The SMILES string of the molecule is O=C(C=NOCc1ccc(F)c2cccnc12)Nc1ccc(F)cc1F. The van der Waals surface area contributed by atoms with Crippen molar-refractivity contribution in [3.63, 3.8) is 0 Å². The quantitative estimate of drug-likeness (QED) is 0.557. The molecule has 0 spiro atoms. The van der Waals surface area contributed by atoms with Crippen molar-refractivity contribution in [1.29, 1.82) is 0 Å². The second-order valence-corrected chi connectivity index (χ2v) is 5.23. The van der Waals surface area contributed by atoms with Crippen molar-refractivity contribution in [1.82, 2.24) is 4.98 Å². The molecule has 1 aromatic heterocycles. The first kappa shape index (κ1) is 17.4. The average molecular weight is 359 g/mol. The van der Waals surface area contributed by atoms with Crippen LogP contribution in [0.2, 0.25) is 0 Å². The molecule has 0 bridgehead atoms. The Bertz CT molecular complexity index is 993. The summed E-state index contributed by atoms with van der Waals surface area (Å²) in [5.41, 5.74) is 0.834. The highest BCUT2D eigenvalue weighted by atomic mass is 19.1. The Labute approximate surface area is 146 Å². The molecular weight excluding hydrogens is 347 g/mol. The van der Waals surface area contributed by atoms with Crippen LogP contribution in [0.25, 0.3) is 10.9 Å². The van der Waals surface area contributed by atoms with Gasteiger partial charge in [-0.25, -0.2) is 13.2 Å². The van der Waals surface area contributed by atoms with E-state index in [1.807, 2.05) is 0 Å². The highest BCUT2D eigenvalue weighted by molar-refractivity contribution is 6.31. The van der Waals surface area contributed by atoms with Crippen LogP contribution in [0.1, 0.15) is 5.56 Å². The molecule has 8 heteroatoms. The fraction of sp³-hybridized carbons (Fsp3) is 0.0556. The average Bonchev–Trinajstić information content (AvgIpc) is 2.63. The fourth-order valence-electron chi connectivity index (χ4n) is 2.26. The number of nitrogens with one attached hydrogen (secondary N) is 1. The first-order chi connectivity index (χ1) is 12.5. The van der Waals surface area contributed by atoms with Gasteiger partial charge in [0.25, 0.3) is 5.91 Å². The molecule has 132 valence electrons. The Balaban J connectivity index is 1.61. The molecule has 2 aromatic carbocycles. The summed E-state index contributed by atoms with van der Waals surface area (Å²) in [6.07, 6.45) is 2.33. The van der Waals surface area contributed by atoms with Gasteiger partial charge in [-0.15, -0.1) is 0 Å². The molecule has 0 saturated heterocycles. The van der Waals surface area contributed by atoms with Crippen LogP contribution in [0.15, 0.2) is 53.8 Å². The molecule has 1 amide bonds. The predicted octanol–water partition coefficient (Wildman–Crippen LogP) is 3.79. The highest BCUT2D eigenvalue weighted by Gasteiger charge is 2.08. The number of carbonyl (C=O) groups is 1. The summed E-state index contributed by atoms with van der Waals surface area (Å²) in [4.78, 5) is 20.8. The Hall–Kier alpha value is -3.42. The van der Waals surface area contributed by atoms with Gasteiger partial charge in [0.15, 0.2) is 0 Å². The Morgan fingerprint density at radius 1 is 1.15 bits per heavy atom. The third-order valence-corrected chi connectivity index (χ3v) is 3.45. The van der Waals surface area contributed by atoms with Crippen LogP contribution in [-0.4, -0.2) is 17.1 Å². The molecule has 3 aromatic rings. The first-order valence-corrected chi connectivity index (χ1v) is 7.48. The van der Waals surface area contributed by atoms with Crippen LogP contribution in [0, 0.1) is 17.5 Å². The lowest BCUT2D eigenvalue weighted by Crippen LogP contribution is -2.14. The maximum Gasteiger partial charge on any atom is 0.270 e. The Morgan fingerprint density at radius 2 is 2.00 bits per heavy atom. The zero-order valence-electron chi connectivity index (χ0n) is 13.2. The number of carbonyl (C=O) groups excluding carboxylic acids is 1. The predicted molar refractivity (Wildman–Crippen MR) is 90.0 cm³/mol. The van der Waals surface area contributed by atoms with E-state index in [-0.39, 0.29) is 12.3 Å². The molecule has 1 N–H and O–H groups in total. The molecule has 0 aliphatic heterocycles. The van der Waals surface area contributed by atoms with Crippen molar-refractivity contribution in [2.75, 3.05) is 5.32 Å². The summed E-state index contributed by atoms with van der Waals surface area (Å²) in [6, 6.07) is 8.76. The van der Waals surface area contributed by atoms with Crippen molar-refractivity contribution in [3.05, 3.63) is 71.7 Å². The van der Waals surface area contributed by atoms with Crippen LogP contribution in [0.5, 0.6) is 0 Å². The van der Waals surface area contributed by atoms with Gasteiger partial charge in [0, 0.05) is 23.2 Å². The third-order valence-electron chi connectivity index (χ3n) is 3.45. The number of pyridine rings is 1. The van der Waals surface area contributed by atoms with E-state index in [2.05, 4.69) is 15.5 Å². The number of hydrogen-bond acceptors (Lipinski definition) is 4. The number of oxime groups is 1. The van der Waals surface area contributed by atoms with E-state index in [0.29, 0.717) is 22.5 Å². The minimum Gasteiger partial charge on any atom is -0.391 e. The van der Waals surface area contributed by atoms with Gasteiger partial charge < -0.3 is 10.2 Å². The minimum atomic E-state index is -0.906. The molecule has 3 rings (SSSR count). The van der Waals surface area contributed by atoms with E-state index < -0.39 is 23.4 Å². The number of hydrogen-bond donors (Lipinski definition) is 1. The number of aromatic nitrogens is 1. The van der Waals surface area contributed by atoms with Crippen LogP contribution in [0.4, 0.5) is 18.9 Å². The molecule has 0 radical (unpaired) electrons. The lowest BCUT2D eigenvalue weighted by molar-refractivity contribution is -0.110. The molecular formula is C18H12F3N3O2. The third kappa shape index (κ3) is 3.97. The second-order valence-electron chi connectivity index (χ2n) is 5.23. The van der Waals surface area contributed by atoms with Crippen LogP contribution in [-0.2, 0) is 16.2 Å². The van der Waals surface area contributed by atoms with Crippen LogP contribution >= 0.6 is 0 Å². The molecule has 0 fully saturated rings. The summed E-state index contributed by atoms with van der Waals surface area (Å²) in [6.45, 7) is -0.0392. The lowest BCUT2D eigenvalue weighted by Gasteiger charge is -2.05. The number of rotatable bonds is 5. The van der Waals surface area contributed by atoms with Gasteiger partial charge in [-0.05, 0) is 30.3 Å². The number of halogens is 3. The number of fused-ring (bicyclic) bond motifs is 1. The van der Waals surface area contributed by atoms with Gasteiger partial charge in [-0.1, -0.05) is 11.2 Å². The van der Waals surface area contributed by atoms with Gasteiger partial charge in [-0.2, -0.15) is 0 Å². The number of benzene rings is 2. The molecule has 5 nitrogen and oxygen atoms in total.